The van der Waals surface area contributed by atoms with E-state index in [0.29, 0.717) is 24.0 Å². The average molecular weight is 491 g/mol. The molecule has 10 heteroatoms. The number of carbonyl (C=O) groups excluding carboxylic acids is 2. The molecule has 0 aromatic heterocycles. The maximum atomic E-state index is 13.0. The number of sulfonamides is 1. The molecule has 2 atom stereocenters. The van der Waals surface area contributed by atoms with Gasteiger partial charge in [-0.3, -0.25) is 14.5 Å². The van der Waals surface area contributed by atoms with E-state index in [4.69, 9.17) is 0 Å². The lowest BCUT2D eigenvalue weighted by atomic mass is 9.85. The van der Waals surface area contributed by atoms with Gasteiger partial charge in [-0.2, -0.15) is 17.5 Å². The van der Waals surface area contributed by atoms with Crippen LogP contribution in [0.3, 0.4) is 0 Å². The summed E-state index contributed by atoms with van der Waals surface area (Å²) in [5, 5.41) is 0. The molecule has 3 aliphatic rings. The summed E-state index contributed by atoms with van der Waals surface area (Å²) in [7, 11) is -3.86. The molecule has 2 fully saturated rings. The number of likely N-dealkylation sites (tertiary alicyclic amines) is 1. The van der Waals surface area contributed by atoms with E-state index in [2.05, 4.69) is 0 Å². The Balaban J connectivity index is 1.29. The summed E-state index contributed by atoms with van der Waals surface area (Å²) in [6, 6.07) is 9.96. The third-order valence-corrected chi connectivity index (χ3v) is 8.60. The van der Waals surface area contributed by atoms with E-state index in [1.807, 2.05) is 12.2 Å². The summed E-state index contributed by atoms with van der Waals surface area (Å²) < 4.78 is 66.2. The Labute approximate surface area is 194 Å². The van der Waals surface area contributed by atoms with E-state index in [0.717, 1.165) is 12.1 Å². The van der Waals surface area contributed by atoms with Gasteiger partial charge in [-0.25, -0.2) is 8.42 Å². The standard InChI is InChI=1S/C24H21F3N2O4S/c25-24(26,27)17-5-3-4-16(12-17)15-8-10-19(11-9-15)34(32,33)28-13-18(14-28)29-22(30)20-6-1-2-7-21(20)23(29)31/h1-5,8-12,18,20-21H,6-7,13-14H2. The van der Waals surface area contributed by atoms with Crippen molar-refractivity contribution in [1.29, 1.82) is 0 Å². The lowest BCUT2D eigenvalue weighted by molar-refractivity contribution is -0.145. The van der Waals surface area contributed by atoms with Crippen LogP contribution >= 0.6 is 0 Å². The maximum absolute atomic E-state index is 13.0. The molecule has 0 saturated carbocycles. The molecule has 5 rings (SSSR count). The van der Waals surface area contributed by atoms with Gasteiger partial charge in [0.15, 0.2) is 0 Å². The van der Waals surface area contributed by atoms with Crippen LogP contribution in [-0.2, 0) is 25.8 Å². The van der Waals surface area contributed by atoms with Crippen LogP contribution in [0.15, 0.2) is 65.6 Å². The number of imide groups is 1. The number of nitrogens with zero attached hydrogens (tertiary/aromatic N) is 2. The molecule has 2 aliphatic heterocycles. The predicted molar refractivity (Wildman–Crippen MR) is 117 cm³/mol. The maximum Gasteiger partial charge on any atom is 0.416 e. The van der Waals surface area contributed by atoms with Crippen molar-refractivity contribution in [2.24, 2.45) is 11.8 Å². The zero-order valence-corrected chi connectivity index (χ0v) is 18.7. The Kier molecular flexibility index (Phi) is 5.40. The number of hydrogen-bond donors (Lipinski definition) is 0. The largest absolute Gasteiger partial charge is 0.416 e. The fraction of sp³-hybridized carbons (Fsp3) is 0.333. The molecule has 2 saturated heterocycles. The van der Waals surface area contributed by atoms with Crippen LogP contribution in [0.2, 0.25) is 0 Å². The second-order valence-electron chi connectivity index (χ2n) is 8.78. The number of halogens is 3. The van der Waals surface area contributed by atoms with E-state index in [9.17, 15) is 31.2 Å². The minimum Gasteiger partial charge on any atom is -0.276 e. The second-order valence-corrected chi connectivity index (χ2v) is 10.7. The van der Waals surface area contributed by atoms with Crippen molar-refractivity contribution in [2.75, 3.05) is 13.1 Å². The van der Waals surface area contributed by atoms with Gasteiger partial charge in [0.2, 0.25) is 21.8 Å². The van der Waals surface area contributed by atoms with Crippen molar-refractivity contribution in [3.8, 4) is 11.1 Å². The van der Waals surface area contributed by atoms with E-state index >= 15 is 0 Å². The molecule has 6 nitrogen and oxygen atoms in total. The normalized spacial score (nSPS) is 23.8. The summed E-state index contributed by atoms with van der Waals surface area (Å²) in [5.74, 6) is -1.17. The molecule has 34 heavy (non-hydrogen) atoms. The molecule has 0 radical (unpaired) electrons. The number of allylic oxidation sites excluding steroid dienone is 2. The third kappa shape index (κ3) is 3.74. The van der Waals surface area contributed by atoms with Gasteiger partial charge in [0, 0.05) is 13.1 Å². The number of hydrogen-bond acceptors (Lipinski definition) is 4. The van der Waals surface area contributed by atoms with Crippen LogP contribution in [0.25, 0.3) is 11.1 Å². The Morgan fingerprint density at radius 2 is 1.41 bits per heavy atom. The number of alkyl halides is 3. The highest BCUT2D eigenvalue weighted by Crippen LogP contribution is 2.38. The Bertz CT molecular complexity index is 1260. The Morgan fingerprint density at radius 3 is 1.97 bits per heavy atom. The number of fused-ring (bicyclic) bond motifs is 1. The van der Waals surface area contributed by atoms with Crippen LogP contribution in [-0.4, -0.2) is 48.6 Å². The number of rotatable bonds is 4. The smallest absolute Gasteiger partial charge is 0.276 e. The highest BCUT2D eigenvalue weighted by Gasteiger charge is 2.53. The summed E-state index contributed by atoms with van der Waals surface area (Å²) in [4.78, 5) is 26.6. The van der Waals surface area contributed by atoms with E-state index in [1.165, 1.54) is 45.6 Å². The van der Waals surface area contributed by atoms with Crippen LogP contribution in [0, 0.1) is 11.8 Å². The van der Waals surface area contributed by atoms with Crippen molar-refractivity contribution in [3.63, 3.8) is 0 Å². The fourth-order valence-electron chi connectivity index (χ4n) is 4.81. The van der Waals surface area contributed by atoms with E-state index in [1.54, 1.807) is 0 Å². The van der Waals surface area contributed by atoms with Gasteiger partial charge >= 0.3 is 6.18 Å². The molecule has 2 unspecified atom stereocenters. The van der Waals surface area contributed by atoms with Gasteiger partial charge in [-0.15, -0.1) is 0 Å². The summed E-state index contributed by atoms with van der Waals surface area (Å²) in [6.45, 7) is 0.0596. The molecule has 178 valence electrons. The highest BCUT2D eigenvalue weighted by molar-refractivity contribution is 7.89. The lowest BCUT2D eigenvalue weighted by Crippen LogP contribution is -2.62. The van der Waals surface area contributed by atoms with E-state index < -0.39 is 27.8 Å². The van der Waals surface area contributed by atoms with Crippen molar-refractivity contribution >= 4 is 21.8 Å². The lowest BCUT2D eigenvalue weighted by Gasteiger charge is -2.42. The molecule has 0 bridgehead atoms. The first-order valence-electron chi connectivity index (χ1n) is 10.9. The van der Waals surface area contributed by atoms with E-state index in [-0.39, 0.29) is 41.6 Å². The van der Waals surface area contributed by atoms with Crippen molar-refractivity contribution < 1.29 is 31.2 Å². The molecule has 2 aromatic rings. The summed E-state index contributed by atoms with van der Waals surface area (Å²) in [5.41, 5.74) is -0.00392. The van der Waals surface area contributed by atoms with Crippen molar-refractivity contribution in [1.82, 2.24) is 9.21 Å². The van der Waals surface area contributed by atoms with Crippen LogP contribution in [0.1, 0.15) is 18.4 Å². The highest BCUT2D eigenvalue weighted by atomic mass is 32.2. The number of carbonyl (C=O) groups is 2. The molecule has 0 N–H and O–H groups in total. The topological polar surface area (TPSA) is 74.8 Å². The van der Waals surface area contributed by atoms with Crippen LogP contribution in [0.5, 0.6) is 0 Å². The summed E-state index contributed by atoms with van der Waals surface area (Å²) in [6.07, 6.45) is 0.379. The van der Waals surface area contributed by atoms with Gasteiger partial charge < -0.3 is 0 Å². The average Bonchev–Trinajstić information content (AvgIpc) is 3.03. The Hall–Kier alpha value is -2.98. The third-order valence-electron chi connectivity index (χ3n) is 6.75. The zero-order chi connectivity index (χ0) is 24.3. The minimum absolute atomic E-state index is 0.00128. The van der Waals surface area contributed by atoms with Gasteiger partial charge in [0.05, 0.1) is 28.3 Å². The molecule has 0 spiro atoms. The van der Waals surface area contributed by atoms with Crippen LogP contribution in [0.4, 0.5) is 13.2 Å². The predicted octanol–water partition coefficient (Wildman–Crippen LogP) is 3.70. The monoisotopic (exact) mass is 490 g/mol. The first-order chi connectivity index (χ1) is 16.1. The van der Waals surface area contributed by atoms with Gasteiger partial charge in [-0.05, 0) is 48.2 Å². The zero-order valence-electron chi connectivity index (χ0n) is 17.9. The molecular formula is C24H21F3N2O4S. The molecule has 2 aromatic carbocycles. The first-order valence-corrected chi connectivity index (χ1v) is 12.3. The molecule has 1 aliphatic carbocycles. The Morgan fingerprint density at radius 1 is 0.824 bits per heavy atom. The number of benzene rings is 2. The van der Waals surface area contributed by atoms with Gasteiger partial charge in [-0.1, -0.05) is 36.4 Å². The number of amides is 2. The van der Waals surface area contributed by atoms with Gasteiger partial charge in [0.25, 0.3) is 0 Å². The van der Waals surface area contributed by atoms with Gasteiger partial charge in [0.1, 0.15) is 0 Å². The minimum atomic E-state index is -4.47. The quantitative estimate of drug-likeness (QED) is 0.484. The molecule has 2 amide bonds. The van der Waals surface area contributed by atoms with Crippen LogP contribution < -0.4 is 0 Å². The van der Waals surface area contributed by atoms with Crippen molar-refractivity contribution in [2.45, 2.75) is 30.0 Å². The second kappa shape index (κ2) is 8.06. The molecule has 2 heterocycles. The van der Waals surface area contributed by atoms with Crippen molar-refractivity contribution in [3.05, 3.63) is 66.2 Å². The molecular weight excluding hydrogens is 469 g/mol. The fourth-order valence-corrected chi connectivity index (χ4v) is 6.32. The summed E-state index contributed by atoms with van der Waals surface area (Å²) >= 11 is 0. The SMILES string of the molecule is O=C1C2CC=CCC2C(=O)N1C1CN(S(=O)(=O)c2ccc(-c3cccc(C(F)(F)F)c3)cc2)C1. The first kappa shape index (κ1) is 22.8.